The number of rotatable bonds is 5. The molecular formula is C16H13N5O4. The van der Waals surface area contributed by atoms with Crippen molar-refractivity contribution < 1.29 is 19.2 Å². The summed E-state index contributed by atoms with van der Waals surface area (Å²) in [6, 6.07) is 8.38. The number of hydrogen-bond acceptors (Lipinski definition) is 8. The Labute approximate surface area is 142 Å². The standard InChI is InChI=1S/C16H13N5O4/c22-14-6-7-15(23)21(14)25-16(24)11-4-5-13(18-9-11)20-19-10-12-3-1-2-8-17-12/h1-5,8-10H,6-7H2,(H,18,20)/b19-10+. The summed E-state index contributed by atoms with van der Waals surface area (Å²) in [5.41, 5.74) is 3.47. The third kappa shape index (κ3) is 4.02. The summed E-state index contributed by atoms with van der Waals surface area (Å²) >= 11 is 0. The third-order valence-electron chi connectivity index (χ3n) is 3.24. The van der Waals surface area contributed by atoms with Gasteiger partial charge in [0.2, 0.25) is 0 Å². The fourth-order valence-corrected chi connectivity index (χ4v) is 1.99. The molecule has 2 aromatic rings. The van der Waals surface area contributed by atoms with Crippen molar-refractivity contribution in [2.45, 2.75) is 12.8 Å². The minimum Gasteiger partial charge on any atom is -0.325 e. The minimum atomic E-state index is -0.834. The van der Waals surface area contributed by atoms with Gasteiger partial charge in [-0.15, -0.1) is 5.06 Å². The van der Waals surface area contributed by atoms with Gasteiger partial charge in [-0.25, -0.2) is 9.78 Å². The summed E-state index contributed by atoms with van der Waals surface area (Å²) in [5, 5.41) is 4.47. The van der Waals surface area contributed by atoms with E-state index >= 15 is 0 Å². The average molecular weight is 339 g/mol. The zero-order valence-electron chi connectivity index (χ0n) is 13.0. The first kappa shape index (κ1) is 16.2. The van der Waals surface area contributed by atoms with E-state index in [9.17, 15) is 14.4 Å². The molecule has 0 unspecified atom stereocenters. The van der Waals surface area contributed by atoms with Crippen LogP contribution in [0.4, 0.5) is 5.82 Å². The Bertz CT molecular complexity index is 804. The lowest BCUT2D eigenvalue weighted by molar-refractivity contribution is -0.172. The average Bonchev–Trinajstić information content (AvgIpc) is 2.95. The number of hydrazone groups is 1. The molecule has 0 atom stereocenters. The predicted molar refractivity (Wildman–Crippen MR) is 86.2 cm³/mol. The van der Waals surface area contributed by atoms with Crippen LogP contribution in [0.15, 0.2) is 47.8 Å². The van der Waals surface area contributed by atoms with Crippen LogP contribution in [0.1, 0.15) is 28.9 Å². The molecule has 1 fully saturated rings. The highest BCUT2D eigenvalue weighted by Gasteiger charge is 2.33. The number of hydrogen-bond donors (Lipinski definition) is 1. The molecule has 1 aliphatic rings. The van der Waals surface area contributed by atoms with Gasteiger partial charge < -0.3 is 4.84 Å². The molecule has 1 N–H and O–H groups in total. The Hall–Kier alpha value is -3.62. The van der Waals surface area contributed by atoms with Gasteiger partial charge in [-0.3, -0.25) is 20.0 Å². The molecule has 9 nitrogen and oxygen atoms in total. The number of hydroxylamine groups is 2. The lowest BCUT2D eigenvalue weighted by atomic mass is 10.3. The van der Waals surface area contributed by atoms with Crippen LogP contribution in [0.25, 0.3) is 0 Å². The van der Waals surface area contributed by atoms with E-state index in [1.54, 1.807) is 18.3 Å². The minimum absolute atomic E-state index is 0.0432. The Morgan fingerprint density at radius 2 is 1.96 bits per heavy atom. The Morgan fingerprint density at radius 1 is 1.16 bits per heavy atom. The maximum Gasteiger partial charge on any atom is 0.365 e. The molecule has 0 aromatic carbocycles. The third-order valence-corrected chi connectivity index (χ3v) is 3.24. The molecular weight excluding hydrogens is 326 g/mol. The first-order chi connectivity index (χ1) is 12.1. The van der Waals surface area contributed by atoms with Crippen LogP contribution in [0.5, 0.6) is 0 Å². The number of nitrogens with one attached hydrogen (secondary N) is 1. The van der Waals surface area contributed by atoms with Crippen molar-refractivity contribution in [1.82, 2.24) is 15.0 Å². The highest BCUT2D eigenvalue weighted by atomic mass is 16.7. The van der Waals surface area contributed by atoms with Crippen LogP contribution >= 0.6 is 0 Å². The van der Waals surface area contributed by atoms with E-state index in [-0.39, 0.29) is 18.4 Å². The molecule has 25 heavy (non-hydrogen) atoms. The fraction of sp³-hybridized carbons (Fsp3) is 0.125. The number of carbonyl (C=O) groups excluding carboxylic acids is 3. The highest BCUT2D eigenvalue weighted by molar-refractivity contribution is 6.02. The first-order valence-corrected chi connectivity index (χ1v) is 7.38. The van der Waals surface area contributed by atoms with Crippen molar-refractivity contribution >= 4 is 29.8 Å². The summed E-state index contributed by atoms with van der Waals surface area (Å²) in [6.07, 6.45) is 4.51. The van der Waals surface area contributed by atoms with Crippen LogP contribution in [0.3, 0.4) is 0 Å². The molecule has 1 saturated heterocycles. The zero-order valence-corrected chi connectivity index (χ0v) is 13.0. The monoisotopic (exact) mass is 339 g/mol. The largest absolute Gasteiger partial charge is 0.365 e. The molecule has 0 aliphatic carbocycles. The normalized spacial score (nSPS) is 14.2. The molecule has 0 saturated carbocycles. The quantitative estimate of drug-likeness (QED) is 0.493. The van der Waals surface area contributed by atoms with Crippen LogP contribution in [-0.2, 0) is 14.4 Å². The number of pyridine rings is 2. The maximum absolute atomic E-state index is 11.9. The molecule has 3 heterocycles. The van der Waals surface area contributed by atoms with Crippen molar-refractivity contribution in [1.29, 1.82) is 0 Å². The lowest BCUT2D eigenvalue weighted by Crippen LogP contribution is -2.32. The van der Waals surface area contributed by atoms with Gasteiger partial charge in [-0.2, -0.15) is 5.10 Å². The van der Waals surface area contributed by atoms with Crippen molar-refractivity contribution in [2.24, 2.45) is 5.10 Å². The summed E-state index contributed by atoms with van der Waals surface area (Å²) in [4.78, 5) is 47.7. The number of aromatic nitrogens is 2. The Balaban J connectivity index is 1.58. The Morgan fingerprint density at radius 3 is 2.60 bits per heavy atom. The van der Waals surface area contributed by atoms with Crippen molar-refractivity contribution in [3.63, 3.8) is 0 Å². The fourth-order valence-electron chi connectivity index (χ4n) is 1.99. The molecule has 2 amide bonds. The van der Waals surface area contributed by atoms with E-state index in [4.69, 9.17) is 4.84 Å². The van der Waals surface area contributed by atoms with Crippen LogP contribution in [0.2, 0.25) is 0 Å². The molecule has 126 valence electrons. The second kappa shape index (κ2) is 7.30. The van der Waals surface area contributed by atoms with Crippen molar-refractivity contribution in [3.8, 4) is 0 Å². The van der Waals surface area contributed by atoms with Gasteiger partial charge in [0.25, 0.3) is 11.8 Å². The molecule has 0 bridgehead atoms. The summed E-state index contributed by atoms with van der Waals surface area (Å²) < 4.78 is 0. The van der Waals surface area contributed by atoms with Crippen molar-refractivity contribution in [3.05, 3.63) is 54.0 Å². The molecule has 3 rings (SSSR count). The summed E-state index contributed by atoms with van der Waals surface area (Å²) in [7, 11) is 0. The summed E-state index contributed by atoms with van der Waals surface area (Å²) in [5.74, 6) is -1.50. The molecule has 0 radical (unpaired) electrons. The lowest BCUT2D eigenvalue weighted by Gasteiger charge is -2.12. The van der Waals surface area contributed by atoms with E-state index in [0.717, 1.165) is 0 Å². The van der Waals surface area contributed by atoms with Gasteiger partial charge in [0.05, 0.1) is 17.5 Å². The first-order valence-electron chi connectivity index (χ1n) is 7.38. The van der Waals surface area contributed by atoms with E-state index < -0.39 is 17.8 Å². The number of anilines is 1. The van der Waals surface area contributed by atoms with Gasteiger partial charge in [-0.05, 0) is 24.3 Å². The van der Waals surface area contributed by atoms with E-state index in [0.29, 0.717) is 16.6 Å². The van der Waals surface area contributed by atoms with E-state index in [1.807, 2.05) is 6.07 Å². The second-order valence-corrected chi connectivity index (χ2v) is 5.02. The smallest absolute Gasteiger partial charge is 0.325 e. The number of imide groups is 1. The zero-order chi connectivity index (χ0) is 17.6. The van der Waals surface area contributed by atoms with Gasteiger partial charge >= 0.3 is 5.97 Å². The van der Waals surface area contributed by atoms with Gasteiger partial charge in [-0.1, -0.05) is 6.07 Å². The number of nitrogens with zero attached hydrogens (tertiary/aromatic N) is 4. The SMILES string of the molecule is O=C(ON1C(=O)CCC1=O)c1ccc(N/N=C/c2ccccn2)nc1. The predicted octanol–water partition coefficient (Wildman–Crippen LogP) is 1.14. The maximum atomic E-state index is 11.9. The molecule has 0 spiro atoms. The van der Waals surface area contributed by atoms with Gasteiger partial charge in [0.1, 0.15) is 5.82 Å². The number of amides is 2. The highest BCUT2D eigenvalue weighted by Crippen LogP contribution is 2.14. The van der Waals surface area contributed by atoms with Crippen LogP contribution in [0, 0.1) is 0 Å². The van der Waals surface area contributed by atoms with Crippen LogP contribution < -0.4 is 5.43 Å². The van der Waals surface area contributed by atoms with Crippen LogP contribution in [-0.4, -0.2) is 39.0 Å². The van der Waals surface area contributed by atoms with Crippen molar-refractivity contribution in [2.75, 3.05) is 5.43 Å². The molecule has 1 aliphatic heterocycles. The van der Waals surface area contributed by atoms with Gasteiger partial charge in [0, 0.05) is 25.2 Å². The summed E-state index contributed by atoms with van der Waals surface area (Å²) in [6.45, 7) is 0. The molecule has 2 aromatic heterocycles. The molecule has 9 heteroatoms. The Kier molecular flexibility index (Phi) is 4.74. The van der Waals surface area contributed by atoms with E-state index in [1.165, 1.54) is 24.5 Å². The van der Waals surface area contributed by atoms with Gasteiger partial charge in [0.15, 0.2) is 0 Å². The number of carbonyl (C=O) groups is 3. The second-order valence-electron chi connectivity index (χ2n) is 5.02. The van der Waals surface area contributed by atoms with E-state index in [2.05, 4.69) is 20.5 Å². The topological polar surface area (TPSA) is 114 Å².